The maximum Gasteiger partial charge on any atom is 0.188 e. The van der Waals surface area contributed by atoms with Gasteiger partial charge in [-0.3, -0.25) is 4.98 Å². The van der Waals surface area contributed by atoms with Crippen LogP contribution in [0.4, 0.5) is 0 Å². The lowest BCUT2D eigenvalue weighted by Crippen LogP contribution is -2.35. The Labute approximate surface area is 106 Å². The second-order valence-corrected chi connectivity index (χ2v) is 4.66. The number of hydrogen-bond acceptors (Lipinski definition) is 5. The van der Waals surface area contributed by atoms with E-state index < -0.39 is 0 Å². The molecule has 1 aromatic rings. The molecule has 2 rings (SSSR count). The number of pyridine rings is 1. The number of oxime groups is 1. The summed E-state index contributed by atoms with van der Waals surface area (Å²) in [6, 6.07) is 3.68. The fraction of sp³-hybridized carbons (Fsp3) is 0.500. The maximum atomic E-state index is 9.17. The van der Waals surface area contributed by atoms with Crippen LogP contribution in [0.3, 0.4) is 0 Å². The van der Waals surface area contributed by atoms with Crippen molar-refractivity contribution in [2.75, 3.05) is 6.54 Å². The van der Waals surface area contributed by atoms with Crippen molar-refractivity contribution in [3.8, 4) is 0 Å². The summed E-state index contributed by atoms with van der Waals surface area (Å²) in [7, 11) is 0. The first-order chi connectivity index (χ1) is 8.69. The van der Waals surface area contributed by atoms with Gasteiger partial charge in [0.05, 0.1) is 6.10 Å². The van der Waals surface area contributed by atoms with Crippen molar-refractivity contribution >= 4 is 5.84 Å². The van der Waals surface area contributed by atoms with Crippen molar-refractivity contribution in [1.29, 1.82) is 0 Å². The van der Waals surface area contributed by atoms with Gasteiger partial charge >= 0.3 is 0 Å². The van der Waals surface area contributed by atoms with Gasteiger partial charge in [-0.15, -0.1) is 0 Å². The van der Waals surface area contributed by atoms with E-state index in [9.17, 15) is 5.11 Å². The summed E-state index contributed by atoms with van der Waals surface area (Å²) in [5, 5.41) is 24.0. The second kappa shape index (κ2) is 5.79. The summed E-state index contributed by atoms with van der Waals surface area (Å²) >= 11 is 0. The zero-order chi connectivity index (χ0) is 13.0. The molecule has 0 spiro atoms. The van der Waals surface area contributed by atoms with Gasteiger partial charge in [0.2, 0.25) is 0 Å². The first-order valence-electron chi connectivity index (χ1n) is 6.00. The number of aliphatic hydroxyl groups excluding tert-OH is 1. The van der Waals surface area contributed by atoms with Crippen LogP contribution in [0.5, 0.6) is 0 Å². The Morgan fingerprint density at radius 2 is 2.33 bits per heavy atom. The zero-order valence-corrected chi connectivity index (χ0v) is 10.1. The smallest absolute Gasteiger partial charge is 0.188 e. The van der Waals surface area contributed by atoms with Gasteiger partial charge in [-0.25, -0.2) is 0 Å². The summed E-state index contributed by atoms with van der Waals surface area (Å²) < 4.78 is 0. The van der Waals surface area contributed by atoms with E-state index in [4.69, 9.17) is 10.9 Å². The minimum absolute atomic E-state index is 0.0129. The Bertz CT molecular complexity index is 430. The summed E-state index contributed by atoms with van der Waals surface area (Å²) in [5.41, 5.74) is 6.98. The van der Waals surface area contributed by atoms with Gasteiger partial charge in [-0.2, -0.15) is 0 Å². The number of nitrogens with zero attached hydrogens (tertiary/aromatic N) is 2. The van der Waals surface area contributed by atoms with E-state index in [1.54, 1.807) is 12.3 Å². The van der Waals surface area contributed by atoms with Crippen LogP contribution >= 0.6 is 0 Å². The van der Waals surface area contributed by atoms with E-state index in [1.165, 1.54) is 0 Å². The average Bonchev–Trinajstić information content (AvgIpc) is 2.36. The topological polar surface area (TPSA) is 104 Å². The maximum absolute atomic E-state index is 9.17. The highest BCUT2D eigenvalue weighted by molar-refractivity contribution is 5.95. The van der Waals surface area contributed by atoms with Gasteiger partial charge in [-0.1, -0.05) is 5.16 Å². The van der Waals surface area contributed by atoms with E-state index in [-0.39, 0.29) is 11.9 Å². The van der Waals surface area contributed by atoms with E-state index in [0.717, 1.165) is 24.9 Å². The molecule has 98 valence electrons. The predicted octanol–water partition coefficient (Wildman–Crippen LogP) is 0.0366. The second-order valence-electron chi connectivity index (χ2n) is 4.66. The molecule has 0 radical (unpaired) electrons. The van der Waals surface area contributed by atoms with Crippen LogP contribution in [-0.4, -0.2) is 33.8 Å². The standard InChI is InChI=1S/C12H18N4O2/c13-12(16-18)11-5-8(1-2-15-11)6-14-7-9-3-10(17)4-9/h1-2,5,9-10,14,17-18H,3-4,6-7H2,(H2,13,16). The predicted molar refractivity (Wildman–Crippen MR) is 67.2 cm³/mol. The Hall–Kier alpha value is -1.66. The molecule has 0 atom stereocenters. The molecule has 1 saturated carbocycles. The summed E-state index contributed by atoms with van der Waals surface area (Å²) in [5.74, 6) is 0.587. The van der Waals surface area contributed by atoms with E-state index >= 15 is 0 Å². The fourth-order valence-electron chi connectivity index (χ4n) is 2.06. The molecular formula is C12H18N4O2. The molecule has 1 fully saturated rings. The molecule has 1 aliphatic rings. The van der Waals surface area contributed by atoms with Crippen molar-refractivity contribution in [2.24, 2.45) is 16.8 Å². The molecule has 1 aliphatic carbocycles. The highest BCUT2D eigenvalue weighted by Crippen LogP contribution is 2.26. The molecule has 1 heterocycles. The van der Waals surface area contributed by atoms with Crippen molar-refractivity contribution in [3.63, 3.8) is 0 Å². The van der Waals surface area contributed by atoms with Crippen molar-refractivity contribution in [1.82, 2.24) is 10.3 Å². The first kappa shape index (κ1) is 12.8. The summed E-state index contributed by atoms with van der Waals surface area (Å²) in [6.07, 6.45) is 3.31. The number of nitrogens with one attached hydrogen (secondary N) is 1. The molecule has 0 unspecified atom stereocenters. The Morgan fingerprint density at radius 1 is 1.56 bits per heavy atom. The third-order valence-electron chi connectivity index (χ3n) is 3.17. The van der Waals surface area contributed by atoms with Crippen LogP contribution in [0.2, 0.25) is 0 Å². The van der Waals surface area contributed by atoms with Crippen LogP contribution < -0.4 is 11.1 Å². The SMILES string of the molecule is NC(=NO)c1cc(CNCC2CC(O)C2)ccn1. The monoisotopic (exact) mass is 250 g/mol. The van der Waals surface area contributed by atoms with Crippen LogP contribution in [0.1, 0.15) is 24.1 Å². The van der Waals surface area contributed by atoms with Crippen molar-refractivity contribution in [2.45, 2.75) is 25.5 Å². The van der Waals surface area contributed by atoms with Gasteiger partial charge in [0, 0.05) is 12.7 Å². The molecule has 0 aromatic carbocycles. The molecule has 5 N–H and O–H groups in total. The molecule has 6 heteroatoms. The van der Waals surface area contributed by atoms with Gasteiger partial charge in [0.1, 0.15) is 5.69 Å². The lowest BCUT2D eigenvalue weighted by Gasteiger charge is -2.31. The number of rotatable bonds is 5. The number of aliphatic hydroxyl groups is 1. The zero-order valence-electron chi connectivity index (χ0n) is 10.1. The van der Waals surface area contributed by atoms with E-state index in [0.29, 0.717) is 18.2 Å². The Kier molecular flexibility index (Phi) is 4.11. The van der Waals surface area contributed by atoms with Crippen LogP contribution in [-0.2, 0) is 6.54 Å². The number of aromatic nitrogens is 1. The molecular weight excluding hydrogens is 232 g/mol. The lowest BCUT2D eigenvalue weighted by molar-refractivity contribution is 0.0430. The summed E-state index contributed by atoms with van der Waals surface area (Å²) in [4.78, 5) is 4.01. The molecule has 0 saturated heterocycles. The molecule has 0 amide bonds. The minimum atomic E-state index is -0.107. The largest absolute Gasteiger partial charge is 0.409 e. The van der Waals surface area contributed by atoms with Gasteiger partial charge < -0.3 is 21.4 Å². The van der Waals surface area contributed by atoms with Crippen LogP contribution in [0.15, 0.2) is 23.5 Å². The van der Waals surface area contributed by atoms with Crippen LogP contribution in [0.25, 0.3) is 0 Å². The molecule has 1 aromatic heterocycles. The molecule has 0 aliphatic heterocycles. The van der Waals surface area contributed by atoms with Crippen LogP contribution in [0, 0.1) is 5.92 Å². The average molecular weight is 250 g/mol. The fourth-order valence-corrected chi connectivity index (χ4v) is 2.06. The van der Waals surface area contributed by atoms with Crippen molar-refractivity contribution < 1.29 is 10.3 Å². The molecule has 6 nitrogen and oxygen atoms in total. The summed E-state index contributed by atoms with van der Waals surface area (Å²) in [6.45, 7) is 1.61. The molecule has 0 bridgehead atoms. The Morgan fingerprint density at radius 3 is 3.00 bits per heavy atom. The Balaban J connectivity index is 1.82. The highest BCUT2D eigenvalue weighted by atomic mass is 16.4. The third kappa shape index (κ3) is 3.18. The van der Waals surface area contributed by atoms with Gasteiger partial charge in [0.15, 0.2) is 5.84 Å². The minimum Gasteiger partial charge on any atom is -0.409 e. The third-order valence-corrected chi connectivity index (χ3v) is 3.17. The van der Waals surface area contributed by atoms with E-state index in [2.05, 4.69) is 15.5 Å². The quantitative estimate of drug-likeness (QED) is 0.255. The van der Waals surface area contributed by atoms with Crippen molar-refractivity contribution in [3.05, 3.63) is 29.6 Å². The number of amidine groups is 1. The molecule has 18 heavy (non-hydrogen) atoms. The van der Waals surface area contributed by atoms with Gasteiger partial charge in [0.25, 0.3) is 0 Å². The first-order valence-corrected chi connectivity index (χ1v) is 6.00. The normalized spacial score (nSPS) is 23.7. The number of hydrogen-bond donors (Lipinski definition) is 4. The van der Waals surface area contributed by atoms with Gasteiger partial charge in [-0.05, 0) is 43.0 Å². The number of nitrogens with two attached hydrogens (primary N) is 1. The van der Waals surface area contributed by atoms with E-state index in [1.807, 2.05) is 6.07 Å². The lowest BCUT2D eigenvalue weighted by atomic mass is 9.82. The highest BCUT2D eigenvalue weighted by Gasteiger charge is 2.26.